The smallest absolute Gasteiger partial charge is 0.251 e. The van der Waals surface area contributed by atoms with E-state index in [4.69, 9.17) is 15.2 Å². The summed E-state index contributed by atoms with van der Waals surface area (Å²) in [6.07, 6.45) is 5.93. The lowest BCUT2D eigenvalue weighted by molar-refractivity contribution is -0.0361. The lowest BCUT2D eigenvalue weighted by atomic mass is 9.79. The van der Waals surface area contributed by atoms with Crippen molar-refractivity contribution in [3.63, 3.8) is 0 Å². The van der Waals surface area contributed by atoms with Gasteiger partial charge in [-0.25, -0.2) is 0 Å². The van der Waals surface area contributed by atoms with Crippen molar-refractivity contribution in [1.29, 1.82) is 0 Å². The third kappa shape index (κ3) is 5.29. The molecule has 0 bridgehead atoms. The molecule has 1 aliphatic carbocycles. The topological polar surface area (TPSA) is 93.9 Å². The standard InChI is InChI=1S/C25H31N3O4/c26-23(29)19-4-8-21(9-5-19)32-22-10-6-20(7-11-22)24(30)27-18-25(12-2-1-3-13-25)28-14-16-31-17-15-28/h4-11H,1-3,12-18H2,(H2,26,29)(H,27,30). The van der Waals surface area contributed by atoms with Crippen molar-refractivity contribution in [1.82, 2.24) is 10.2 Å². The van der Waals surface area contributed by atoms with E-state index in [-0.39, 0.29) is 11.4 Å². The Bertz CT molecular complexity index is 915. The molecule has 0 unspecified atom stereocenters. The molecular formula is C25H31N3O4. The zero-order chi connectivity index (χ0) is 22.4. The van der Waals surface area contributed by atoms with Crippen molar-refractivity contribution in [2.24, 2.45) is 5.73 Å². The van der Waals surface area contributed by atoms with Gasteiger partial charge in [0, 0.05) is 36.3 Å². The normalized spacial score (nSPS) is 18.6. The molecule has 0 atom stereocenters. The van der Waals surface area contributed by atoms with Crippen LogP contribution in [-0.2, 0) is 4.74 Å². The molecule has 2 aromatic carbocycles. The van der Waals surface area contributed by atoms with E-state index in [2.05, 4.69) is 10.2 Å². The highest BCUT2D eigenvalue weighted by Gasteiger charge is 2.38. The second kappa shape index (κ2) is 10.1. The van der Waals surface area contributed by atoms with E-state index in [1.807, 2.05) is 0 Å². The van der Waals surface area contributed by atoms with Gasteiger partial charge in [0.05, 0.1) is 13.2 Å². The predicted molar refractivity (Wildman–Crippen MR) is 122 cm³/mol. The van der Waals surface area contributed by atoms with Crippen LogP contribution < -0.4 is 15.8 Å². The number of rotatable bonds is 7. The monoisotopic (exact) mass is 437 g/mol. The Balaban J connectivity index is 1.36. The molecule has 1 saturated heterocycles. The zero-order valence-electron chi connectivity index (χ0n) is 18.3. The van der Waals surface area contributed by atoms with E-state index < -0.39 is 5.91 Å². The predicted octanol–water partition coefficient (Wildman–Crippen LogP) is 3.34. The maximum absolute atomic E-state index is 12.8. The SMILES string of the molecule is NC(=O)c1ccc(Oc2ccc(C(=O)NCC3(N4CCOCC4)CCCCC3)cc2)cc1. The first-order chi connectivity index (χ1) is 15.6. The number of nitrogens with zero attached hydrogens (tertiary/aromatic N) is 1. The molecular weight excluding hydrogens is 406 g/mol. The lowest BCUT2D eigenvalue weighted by Gasteiger charge is -2.48. The lowest BCUT2D eigenvalue weighted by Crippen LogP contribution is -2.59. The Hall–Kier alpha value is -2.90. The molecule has 1 saturated carbocycles. The van der Waals surface area contributed by atoms with Crippen molar-refractivity contribution >= 4 is 11.8 Å². The fourth-order valence-electron chi connectivity index (χ4n) is 4.70. The Morgan fingerprint density at radius 3 is 2.03 bits per heavy atom. The van der Waals surface area contributed by atoms with Crippen LogP contribution in [0.1, 0.15) is 52.8 Å². The summed E-state index contributed by atoms with van der Waals surface area (Å²) in [7, 11) is 0. The van der Waals surface area contributed by atoms with Crippen LogP contribution in [0.4, 0.5) is 0 Å². The first-order valence-electron chi connectivity index (χ1n) is 11.3. The maximum atomic E-state index is 12.8. The Labute approximate surface area is 188 Å². The van der Waals surface area contributed by atoms with E-state index in [0.29, 0.717) is 29.2 Å². The maximum Gasteiger partial charge on any atom is 0.251 e. The fraction of sp³-hybridized carbons (Fsp3) is 0.440. The van der Waals surface area contributed by atoms with Gasteiger partial charge in [-0.2, -0.15) is 0 Å². The van der Waals surface area contributed by atoms with Gasteiger partial charge in [-0.15, -0.1) is 0 Å². The third-order valence-electron chi connectivity index (χ3n) is 6.54. The van der Waals surface area contributed by atoms with Gasteiger partial charge in [0.1, 0.15) is 11.5 Å². The van der Waals surface area contributed by atoms with Crippen molar-refractivity contribution in [2.45, 2.75) is 37.6 Å². The summed E-state index contributed by atoms with van der Waals surface area (Å²) in [4.78, 5) is 26.5. The highest BCUT2D eigenvalue weighted by atomic mass is 16.5. The number of primary amides is 1. The molecule has 3 N–H and O–H groups in total. The van der Waals surface area contributed by atoms with Crippen molar-refractivity contribution in [3.05, 3.63) is 59.7 Å². The van der Waals surface area contributed by atoms with Crippen LogP contribution in [-0.4, -0.2) is 55.1 Å². The van der Waals surface area contributed by atoms with Crippen LogP contribution in [0.2, 0.25) is 0 Å². The number of carbonyl (C=O) groups is 2. The van der Waals surface area contributed by atoms with Gasteiger partial charge in [-0.1, -0.05) is 19.3 Å². The highest BCUT2D eigenvalue weighted by Crippen LogP contribution is 2.34. The van der Waals surface area contributed by atoms with Crippen molar-refractivity contribution < 1.29 is 19.1 Å². The van der Waals surface area contributed by atoms with E-state index >= 15 is 0 Å². The van der Waals surface area contributed by atoms with Gasteiger partial charge in [-0.05, 0) is 61.4 Å². The second-order valence-corrected chi connectivity index (χ2v) is 8.58. The van der Waals surface area contributed by atoms with E-state index in [0.717, 1.165) is 39.1 Å². The molecule has 1 aliphatic heterocycles. The summed E-state index contributed by atoms with van der Waals surface area (Å²) >= 11 is 0. The average Bonchev–Trinajstić information content (AvgIpc) is 2.84. The van der Waals surface area contributed by atoms with Gasteiger partial charge in [0.25, 0.3) is 5.91 Å². The summed E-state index contributed by atoms with van der Waals surface area (Å²) < 4.78 is 11.3. The van der Waals surface area contributed by atoms with Crippen LogP contribution in [0.25, 0.3) is 0 Å². The molecule has 0 aromatic heterocycles. The fourth-order valence-corrected chi connectivity index (χ4v) is 4.70. The van der Waals surface area contributed by atoms with Gasteiger partial charge in [0.15, 0.2) is 0 Å². The van der Waals surface area contributed by atoms with Crippen LogP contribution in [0.15, 0.2) is 48.5 Å². The molecule has 2 fully saturated rings. The van der Waals surface area contributed by atoms with Crippen LogP contribution in [0.5, 0.6) is 11.5 Å². The number of morpholine rings is 1. The molecule has 0 radical (unpaired) electrons. The summed E-state index contributed by atoms with van der Waals surface area (Å²) in [5.41, 5.74) is 6.33. The quantitative estimate of drug-likeness (QED) is 0.693. The molecule has 1 heterocycles. The summed E-state index contributed by atoms with van der Waals surface area (Å²) in [5, 5.41) is 3.19. The molecule has 2 aromatic rings. The van der Waals surface area contributed by atoms with E-state index in [1.165, 1.54) is 19.3 Å². The molecule has 7 nitrogen and oxygen atoms in total. The number of ether oxygens (including phenoxy) is 2. The minimum Gasteiger partial charge on any atom is -0.457 e. The molecule has 170 valence electrons. The first kappa shape index (κ1) is 22.3. The van der Waals surface area contributed by atoms with Gasteiger partial charge < -0.3 is 20.5 Å². The van der Waals surface area contributed by atoms with Gasteiger partial charge >= 0.3 is 0 Å². The van der Waals surface area contributed by atoms with Crippen molar-refractivity contribution in [3.8, 4) is 11.5 Å². The van der Waals surface area contributed by atoms with Crippen LogP contribution in [0.3, 0.4) is 0 Å². The summed E-state index contributed by atoms with van der Waals surface area (Å²) in [5.74, 6) is 0.665. The van der Waals surface area contributed by atoms with Gasteiger partial charge in [0.2, 0.25) is 5.91 Å². The van der Waals surface area contributed by atoms with Crippen molar-refractivity contribution in [2.75, 3.05) is 32.8 Å². The Morgan fingerprint density at radius 1 is 0.906 bits per heavy atom. The highest BCUT2D eigenvalue weighted by molar-refractivity contribution is 5.94. The molecule has 7 heteroatoms. The third-order valence-corrected chi connectivity index (χ3v) is 6.54. The Kier molecular flexibility index (Phi) is 7.07. The Morgan fingerprint density at radius 2 is 1.47 bits per heavy atom. The van der Waals surface area contributed by atoms with Gasteiger partial charge in [-0.3, -0.25) is 14.5 Å². The molecule has 2 amide bonds. The minimum atomic E-state index is -0.476. The average molecular weight is 438 g/mol. The molecule has 4 rings (SSSR count). The number of nitrogens with one attached hydrogen (secondary N) is 1. The first-order valence-corrected chi connectivity index (χ1v) is 11.3. The number of amides is 2. The largest absolute Gasteiger partial charge is 0.457 e. The summed E-state index contributed by atoms with van der Waals surface area (Å²) in [6.45, 7) is 4.06. The molecule has 32 heavy (non-hydrogen) atoms. The number of hydrogen-bond donors (Lipinski definition) is 2. The minimum absolute atomic E-state index is 0.0395. The molecule has 2 aliphatic rings. The molecule has 0 spiro atoms. The number of carbonyl (C=O) groups excluding carboxylic acids is 2. The number of nitrogens with two attached hydrogens (primary N) is 1. The number of hydrogen-bond acceptors (Lipinski definition) is 5. The van der Waals surface area contributed by atoms with Crippen LogP contribution in [0, 0.1) is 0 Å². The summed E-state index contributed by atoms with van der Waals surface area (Å²) in [6, 6.07) is 13.7. The van der Waals surface area contributed by atoms with E-state index in [9.17, 15) is 9.59 Å². The van der Waals surface area contributed by atoms with Crippen LogP contribution >= 0.6 is 0 Å². The second-order valence-electron chi connectivity index (χ2n) is 8.58. The van der Waals surface area contributed by atoms with E-state index in [1.54, 1.807) is 48.5 Å². The number of benzene rings is 2. The zero-order valence-corrected chi connectivity index (χ0v) is 18.3.